The topological polar surface area (TPSA) is 0 Å². The summed E-state index contributed by atoms with van der Waals surface area (Å²) < 4.78 is 0. The average Bonchev–Trinajstić information content (AvgIpc) is 1.95. The van der Waals surface area contributed by atoms with Crippen molar-refractivity contribution in [3.05, 3.63) is 0 Å². The van der Waals surface area contributed by atoms with E-state index < -0.39 is 0 Å². The summed E-state index contributed by atoms with van der Waals surface area (Å²) in [5, 5.41) is 0. The highest BCUT2D eigenvalue weighted by Crippen LogP contribution is 2.48. The lowest BCUT2D eigenvalue weighted by molar-refractivity contribution is 0.247. The predicted octanol–water partition coefficient (Wildman–Crippen LogP) is 3.32. The van der Waals surface area contributed by atoms with Gasteiger partial charge in [0.2, 0.25) is 0 Å². The van der Waals surface area contributed by atoms with E-state index in [0.29, 0.717) is 5.41 Å². The van der Waals surface area contributed by atoms with Crippen molar-refractivity contribution in [3.8, 4) is 0 Å². The summed E-state index contributed by atoms with van der Waals surface area (Å²) in [6.07, 6.45) is 1.41. The van der Waals surface area contributed by atoms with Gasteiger partial charge in [-0.1, -0.05) is 34.6 Å². The fourth-order valence-corrected chi connectivity index (χ4v) is 2.41. The maximum absolute atomic E-state index is 2.40. The number of rotatable bonds is 0. The van der Waals surface area contributed by atoms with Crippen LogP contribution in [0.2, 0.25) is 0 Å². The summed E-state index contributed by atoms with van der Waals surface area (Å²) in [5.74, 6) is 2.77. The Hall–Kier alpha value is 0. The second-order valence-electron chi connectivity index (χ2n) is 4.82. The van der Waals surface area contributed by atoms with Gasteiger partial charge >= 0.3 is 0 Å². The molecule has 0 heterocycles. The largest absolute Gasteiger partial charge is 0.0622 e. The molecule has 3 atom stereocenters. The number of hydrogen-bond acceptors (Lipinski definition) is 0. The van der Waals surface area contributed by atoms with Gasteiger partial charge in [-0.25, -0.2) is 0 Å². The van der Waals surface area contributed by atoms with Gasteiger partial charge in [-0.05, 0) is 29.6 Å². The first kappa shape index (κ1) is 8.10. The molecule has 1 aliphatic carbocycles. The first-order valence-corrected chi connectivity index (χ1v) is 4.45. The molecule has 0 amide bonds. The van der Waals surface area contributed by atoms with Crippen molar-refractivity contribution in [2.75, 3.05) is 0 Å². The van der Waals surface area contributed by atoms with Crippen LogP contribution < -0.4 is 0 Å². The van der Waals surface area contributed by atoms with E-state index in [0.717, 1.165) is 17.8 Å². The molecule has 1 rings (SSSR count). The SMILES string of the molecule is CC1CC(C)(C)[C@@H](C)[C@H]1C. The molecular formula is C10H20. The van der Waals surface area contributed by atoms with Crippen LogP contribution in [0.4, 0.5) is 0 Å². The highest BCUT2D eigenvalue weighted by atomic mass is 14.5. The molecule has 0 radical (unpaired) electrons. The maximum Gasteiger partial charge on any atom is -0.0323 e. The lowest BCUT2D eigenvalue weighted by Gasteiger charge is -2.25. The molecule has 10 heavy (non-hydrogen) atoms. The summed E-state index contributed by atoms with van der Waals surface area (Å²) >= 11 is 0. The Morgan fingerprint density at radius 1 is 1.10 bits per heavy atom. The monoisotopic (exact) mass is 140 g/mol. The molecule has 0 aliphatic heterocycles. The van der Waals surface area contributed by atoms with Gasteiger partial charge in [0.05, 0.1) is 0 Å². The second-order valence-corrected chi connectivity index (χ2v) is 4.82. The van der Waals surface area contributed by atoms with Crippen LogP contribution in [0.3, 0.4) is 0 Å². The van der Waals surface area contributed by atoms with Gasteiger partial charge in [0.15, 0.2) is 0 Å². The molecule has 1 unspecified atom stereocenters. The Kier molecular flexibility index (Phi) is 1.82. The van der Waals surface area contributed by atoms with E-state index in [1.54, 1.807) is 0 Å². The molecule has 0 aromatic heterocycles. The molecule has 0 spiro atoms. The lowest BCUT2D eigenvalue weighted by Crippen LogP contribution is -2.17. The van der Waals surface area contributed by atoms with Gasteiger partial charge in [-0.2, -0.15) is 0 Å². The molecule has 1 fully saturated rings. The first-order chi connectivity index (χ1) is 4.45. The first-order valence-electron chi connectivity index (χ1n) is 4.45. The Morgan fingerprint density at radius 2 is 1.60 bits per heavy atom. The minimum Gasteiger partial charge on any atom is -0.0622 e. The minimum absolute atomic E-state index is 0.596. The van der Waals surface area contributed by atoms with E-state index in [1.807, 2.05) is 0 Å². The quantitative estimate of drug-likeness (QED) is 0.484. The van der Waals surface area contributed by atoms with Crippen molar-refractivity contribution in [1.29, 1.82) is 0 Å². The van der Waals surface area contributed by atoms with Crippen molar-refractivity contribution in [3.63, 3.8) is 0 Å². The second kappa shape index (κ2) is 2.25. The van der Waals surface area contributed by atoms with Crippen LogP contribution in [-0.4, -0.2) is 0 Å². The van der Waals surface area contributed by atoms with E-state index >= 15 is 0 Å². The zero-order chi connectivity index (χ0) is 7.94. The molecule has 0 aromatic carbocycles. The van der Waals surface area contributed by atoms with Crippen LogP contribution in [0, 0.1) is 23.2 Å². The summed E-state index contributed by atoms with van der Waals surface area (Å²) in [6.45, 7) is 12.0. The summed E-state index contributed by atoms with van der Waals surface area (Å²) in [6, 6.07) is 0. The van der Waals surface area contributed by atoms with Crippen LogP contribution in [0.5, 0.6) is 0 Å². The zero-order valence-electron chi connectivity index (χ0n) is 7.94. The Bertz CT molecular complexity index is 124. The Labute approximate surface area is 65.0 Å². The van der Waals surface area contributed by atoms with Crippen LogP contribution >= 0.6 is 0 Å². The van der Waals surface area contributed by atoms with Crippen LogP contribution in [0.1, 0.15) is 41.0 Å². The predicted molar refractivity (Wildman–Crippen MR) is 45.9 cm³/mol. The Balaban J connectivity index is 2.71. The van der Waals surface area contributed by atoms with Crippen LogP contribution in [0.25, 0.3) is 0 Å². The summed E-state index contributed by atoms with van der Waals surface area (Å²) in [5.41, 5.74) is 0.596. The van der Waals surface area contributed by atoms with Crippen molar-refractivity contribution < 1.29 is 0 Å². The molecule has 60 valence electrons. The molecule has 0 saturated heterocycles. The molecular weight excluding hydrogens is 120 g/mol. The summed E-state index contributed by atoms with van der Waals surface area (Å²) in [7, 11) is 0. The van der Waals surface area contributed by atoms with E-state index in [-0.39, 0.29) is 0 Å². The fourth-order valence-electron chi connectivity index (χ4n) is 2.41. The minimum atomic E-state index is 0.596. The molecule has 1 saturated carbocycles. The van der Waals surface area contributed by atoms with E-state index in [2.05, 4.69) is 34.6 Å². The van der Waals surface area contributed by atoms with Crippen LogP contribution in [-0.2, 0) is 0 Å². The average molecular weight is 140 g/mol. The Morgan fingerprint density at radius 3 is 1.70 bits per heavy atom. The van der Waals surface area contributed by atoms with Gasteiger partial charge in [0, 0.05) is 0 Å². The molecule has 0 heteroatoms. The van der Waals surface area contributed by atoms with Gasteiger partial charge < -0.3 is 0 Å². The van der Waals surface area contributed by atoms with Crippen molar-refractivity contribution in [2.45, 2.75) is 41.0 Å². The van der Waals surface area contributed by atoms with Gasteiger partial charge in [0.25, 0.3) is 0 Å². The smallest absolute Gasteiger partial charge is 0.0323 e. The highest BCUT2D eigenvalue weighted by Gasteiger charge is 2.40. The lowest BCUT2D eigenvalue weighted by atomic mass is 9.81. The third-order valence-corrected chi connectivity index (χ3v) is 3.77. The van der Waals surface area contributed by atoms with Crippen LogP contribution in [0.15, 0.2) is 0 Å². The third-order valence-electron chi connectivity index (χ3n) is 3.77. The van der Waals surface area contributed by atoms with Gasteiger partial charge in [-0.15, -0.1) is 0 Å². The highest BCUT2D eigenvalue weighted by molar-refractivity contribution is 4.90. The van der Waals surface area contributed by atoms with Gasteiger partial charge in [-0.3, -0.25) is 0 Å². The van der Waals surface area contributed by atoms with Crippen molar-refractivity contribution in [1.82, 2.24) is 0 Å². The molecule has 0 bridgehead atoms. The number of hydrogen-bond donors (Lipinski definition) is 0. The normalized spacial score (nSPS) is 45.9. The molecule has 0 N–H and O–H groups in total. The van der Waals surface area contributed by atoms with E-state index in [1.165, 1.54) is 6.42 Å². The fraction of sp³-hybridized carbons (Fsp3) is 1.00. The summed E-state index contributed by atoms with van der Waals surface area (Å²) in [4.78, 5) is 0. The van der Waals surface area contributed by atoms with E-state index in [4.69, 9.17) is 0 Å². The third kappa shape index (κ3) is 1.09. The molecule has 1 aliphatic rings. The standard InChI is InChI=1S/C10H20/c1-7-6-10(4,5)9(3)8(7)2/h7-9H,6H2,1-5H3/t7?,8-,9-/m0/s1. The molecule has 0 nitrogen and oxygen atoms in total. The zero-order valence-corrected chi connectivity index (χ0v) is 7.94. The van der Waals surface area contributed by atoms with Crippen molar-refractivity contribution >= 4 is 0 Å². The van der Waals surface area contributed by atoms with Crippen molar-refractivity contribution in [2.24, 2.45) is 23.2 Å². The maximum atomic E-state index is 2.40. The van der Waals surface area contributed by atoms with Gasteiger partial charge in [0.1, 0.15) is 0 Å². The van der Waals surface area contributed by atoms with E-state index in [9.17, 15) is 0 Å². The molecule has 0 aromatic rings.